The van der Waals surface area contributed by atoms with Gasteiger partial charge in [-0.3, -0.25) is 15.0 Å². The normalized spacial score (nSPS) is 12.2. The van der Waals surface area contributed by atoms with Gasteiger partial charge in [0.15, 0.2) is 0 Å². The summed E-state index contributed by atoms with van der Waals surface area (Å²) in [5.74, 6) is -2.41. The predicted octanol–water partition coefficient (Wildman–Crippen LogP) is 3.13. The summed E-state index contributed by atoms with van der Waals surface area (Å²) in [4.78, 5) is 42.6. The van der Waals surface area contributed by atoms with E-state index >= 15 is 0 Å². The molecule has 39 heavy (non-hydrogen) atoms. The van der Waals surface area contributed by atoms with Crippen LogP contribution in [0.4, 0.5) is 5.69 Å². The average Bonchev–Trinajstić information content (AvgIpc) is 2.94. The number of nitrogens with zero attached hydrogens (tertiary/aromatic N) is 1. The Kier molecular flexibility index (Phi) is 9.34. The van der Waals surface area contributed by atoms with Crippen molar-refractivity contribution >= 4 is 29.3 Å². The molecule has 2 amide bonds. The van der Waals surface area contributed by atoms with Gasteiger partial charge in [0, 0.05) is 28.4 Å². The number of nitrogen functional groups attached to an aromatic ring is 1. The first-order chi connectivity index (χ1) is 18.6. The van der Waals surface area contributed by atoms with Crippen LogP contribution >= 0.6 is 0 Å². The van der Waals surface area contributed by atoms with Crippen molar-refractivity contribution in [2.24, 2.45) is 11.7 Å². The lowest BCUT2D eigenvalue weighted by Crippen LogP contribution is -2.41. The van der Waals surface area contributed by atoms with E-state index in [4.69, 9.17) is 15.9 Å². The molecule has 0 aliphatic carbocycles. The van der Waals surface area contributed by atoms with Crippen molar-refractivity contribution in [3.05, 3.63) is 77.0 Å². The second-order valence-electron chi connectivity index (χ2n) is 8.91. The fourth-order valence-corrected chi connectivity index (χ4v) is 3.87. The fourth-order valence-electron chi connectivity index (χ4n) is 3.87. The van der Waals surface area contributed by atoms with Crippen molar-refractivity contribution < 1.29 is 29.3 Å². The quantitative estimate of drug-likeness (QED) is 0.160. The first kappa shape index (κ1) is 28.8. The molecule has 0 radical (unpaired) electrons. The molecule has 0 unspecified atom stereocenters. The number of ether oxygens (including phenoxy) is 1. The van der Waals surface area contributed by atoms with E-state index in [1.807, 2.05) is 13.8 Å². The molecule has 0 fully saturated rings. The Balaban J connectivity index is 2.01. The second kappa shape index (κ2) is 12.7. The van der Waals surface area contributed by atoms with Gasteiger partial charge in [-0.05, 0) is 53.9 Å². The number of carbonyl (C=O) groups is 3. The highest BCUT2D eigenvalue weighted by molar-refractivity contribution is 6.10. The second-order valence-corrected chi connectivity index (χ2v) is 8.91. The maximum Gasteiger partial charge on any atom is 0.336 e. The third kappa shape index (κ3) is 6.76. The lowest BCUT2D eigenvalue weighted by molar-refractivity contribution is 0.0697. The Hall–Kier alpha value is -4.77. The Labute approximate surface area is 225 Å². The number of hydrogen-bond acceptors (Lipinski definition) is 7. The smallest absolute Gasteiger partial charge is 0.336 e. The van der Waals surface area contributed by atoms with E-state index in [1.54, 1.807) is 24.3 Å². The van der Waals surface area contributed by atoms with Crippen LogP contribution in [0, 0.1) is 11.3 Å². The SMILES string of the molecule is CC[C@H](C)[C@@H](CO)NC(=O)c1ccc(-c2ccc(OC)nc2C(=O)Nc2ccc(C(=N)N)cc2)c(C(=O)O)c1. The van der Waals surface area contributed by atoms with Gasteiger partial charge in [0.1, 0.15) is 11.5 Å². The lowest BCUT2D eigenvalue weighted by atomic mass is 9.95. The van der Waals surface area contributed by atoms with Crippen molar-refractivity contribution in [2.45, 2.75) is 26.3 Å². The van der Waals surface area contributed by atoms with Crippen LogP contribution in [0.25, 0.3) is 11.1 Å². The van der Waals surface area contributed by atoms with E-state index < -0.39 is 23.8 Å². The van der Waals surface area contributed by atoms with Crippen LogP contribution in [0.5, 0.6) is 5.88 Å². The fraction of sp³-hybridized carbons (Fsp3) is 0.250. The van der Waals surface area contributed by atoms with Crippen LogP contribution < -0.4 is 21.1 Å². The maximum atomic E-state index is 13.3. The molecule has 0 saturated carbocycles. The topological polar surface area (TPSA) is 188 Å². The van der Waals surface area contributed by atoms with Crippen molar-refractivity contribution in [1.29, 1.82) is 5.41 Å². The summed E-state index contributed by atoms with van der Waals surface area (Å²) in [6.45, 7) is 3.58. The van der Waals surface area contributed by atoms with E-state index in [-0.39, 0.29) is 52.2 Å². The first-order valence-electron chi connectivity index (χ1n) is 12.2. The van der Waals surface area contributed by atoms with E-state index in [2.05, 4.69) is 15.6 Å². The van der Waals surface area contributed by atoms with Gasteiger partial charge >= 0.3 is 5.97 Å². The molecule has 1 heterocycles. The number of aromatic carboxylic acids is 1. The molecule has 3 aromatic rings. The number of benzene rings is 2. The average molecular weight is 534 g/mol. The number of hydrogen-bond donors (Lipinski definition) is 6. The molecule has 11 nitrogen and oxygen atoms in total. The zero-order valence-corrected chi connectivity index (χ0v) is 21.8. The molecule has 11 heteroatoms. The standard InChI is InChI=1S/C28H31N5O6/c1-4-15(2)22(14-34)32-26(35)17-7-10-19(21(13-17)28(37)38)20-11-12-23(39-3)33-24(20)27(36)31-18-8-5-16(6-9-18)25(29)30/h5-13,15,22,34H,4,14H2,1-3H3,(H3,29,30)(H,31,36)(H,32,35)(H,37,38)/t15-,22+/m0/s1. The monoisotopic (exact) mass is 533 g/mol. The first-order valence-corrected chi connectivity index (χ1v) is 12.2. The van der Waals surface area contributed by atoms with Crippen LogP contribution in [0.2, 0.25) is 0 Å². The molecule has 0 aliphatic heterocycles. The number of pyridine rings is 1. The van der Waals surface area contributed by atoms with Crippen LogP contribution in [0.15, 0.2) is 54.6 Å². The van der Waals surface area contributed by atoms with Crippen LogP contribution in [-0.2, 0) is 0 Å². The highest BCUT2D eigenvalue weighted by Crippen LogP contribution is 2.30. The molecule has 0 aliphatic rings. The summed E-state index contributed by atoms with van der Waals surface area (Å²) >= 11 is 0. The van der Waals surface area contributed by atoms with Gasteiger partial charge in [0.2, 0.25) is 5.88 Å². The summed E-state index contributed by atoms with van der Waals surface area (Å²) in [6, 6.07) is 13.0. The molecule has 204 valence electrons. The van der Waals surface area contributed by atoms with Crippen LogP contribution in [-0.4, -0.2) is 58.6 Å². The Morgan fingerprint density at radius 1 is 1.03 bits per heavy atom. The molecule has 0 spiro atoms. The van der Waals surface area contributed by atoms with Crippen molar-refractivity contribution in [3.8, 4) is 17.0 Å². The minimum Gasteiger partial charge on any atom is -0.481 e. The van der Waals surface area contributed by atoms with Gasteiger partial charge in [-0.1, -0.05) is 26.3 Å². The van der Waals surface area contributed by atoms with Gasteiger partial charge < -0.3 is 31.3 Å². The van der Waals surface area contributed by atoms with E-state index in [0.29, 0.717) is 11.3 Å². The number of rotatable bonds is 11. The minimum absolute atomic E-state index is 0.0160. The zero-order valence-electron chi connectivity index (χ0n) is 21.8. The van der Waals surface area contributed by atoms with Crippen molar-refractivity contribution in [1.82, 2.24) is 10.3 Å². The molecular formula is C28H31N5O6. The van der Waals surface area contributed by atoms with Gasteiger partial charge in [-0.25, -0.2) is 9.78 Å². The zero-order chi connectivity index (χ0) is 28.7. The highest BCUT2D eigenvalue weighted by Gasteiger charge is 2.24. The number of aliphatic hydroxyl groups is 1. The molecule has 3 rings (SSSR count). The molecule has 0 saturated heterocycles. The predicted molar refractivity (Wildman–Crippen MR) is 146 cm³/mol. The number of carboxylic acids is 1. The number of aromatic nitrogens is 1. The third-order valence-corrected chi connectivity index (χ3v) is 6.39. The highest BCUT2D eigenvalue weighted by atomic mass is 16.5. The Morgan fingerprint density at radius 2 is 1.67 bits per heavy atom. The number of amides is 2. The number of aliphatic hydroxyl groups excluding tert-OH is 1. The minimum atomic E-state index is -1.30. The van der Waals surface area contributed by atoms with Crippen molar-refractivity contribution in [3.63, 3.8) is 0 Å². The molecule has 2 aromatic carbocycles. The molecule has 2 atom stereocenters. The van der Waals surface area contributed by atoms with E-state index in [9.17, 15) is 24.6 Å². The summed E-state index contributed by atoms with van der Waals surface area (Å²) < 4.78 is 5.17. The van der Waals surface area contributed by atoms with Crippen molar-refractivity contribution in [2.75, 3.05) is 19.0 Å². The van der Waals surface area contributed by atoms with Gasteiger partial charge in [-0.15, -0.1) is 0 Å². The summed E-state index contributed by atoms with van der Waals surface area (Å²) in [5, 5.41) is 32.6. The van der Waals surface area contributed by atoms with Gasteiger partial charge in [0.25, 0.3) is 11.8 Å². The number of carboxylic acid groups (broad SMARTS) is 1. The van der Waals surface area contributed by atoms with E-state index in [0.717, 1.165) is 6.42 Å². The Bertz CT molecular complexity index is 1390. The summed E-state index contributed by atoms with van der Waals surface area (Å²) in [5.41, 5.74) is 6.55. The number of nitrogens with one attached hydrogen (secondary N) is 3. The number of methoxy groups -OCH3 is 1. The molecular weight excluding hydrogens is 502 g/mol. The molecule has 1 aromatic heterocycles. The molecule has 0 bridgehead atoms. The maximum absolute atomic E-state index is 13.3. The van der Waals surface area contributed by atoms with E-state index in [1.165, 1.54) is 37.4 Å². The largest absolute Gasteiger partial charge is 0.481 e. The summed E-state index contributed by atoms with van der Waals surface area (Å²) in [7, 11) is 1.39. The lowest BCUT2D eigenvalue weighted by Gasteiger charge is -2.22. The molecule has 7 N–H and O–H groups in total. The van der Waals surface area contributed by atoms with Crippen LogP contribution in [0.1, 0.15) is 57.0 Å². The van der Waals surface area contributed by atoms with Gasteiger partial charge in [-0.2, -0.15) is 0 Å². The third-order valence-electron chi connectivity index (χ3n) is 6.39. The summed E-state index contributed by atoms with van der Waals surface area (Å²) in [6.07, 6.45) is 0.737. The van der Waals surface area contributed by atoms with Gasteiger partial charge in [0.05, 0.1) is 25.3 Å². The van der Waals surface area contributed by atoms with Crippen LogP contribution in [0.3, 0.4) is 0 Å². The Morgan fingerprint density at radius 3 is 2.23 bits per heavy atom. The number of carbonyl (C=O) groups excluding carboxylic acids is 2. The number of amidine groups is 1. The number of anilines is 1. The number of nitrogens with two attached hydrogens (primary N) is 1.